The smallest absolute Gasteiger partial charge is 0.135 e. The van der Waals surface area contributed by atoms with Gasteiger partial charge in [0, 0.05) is 17.2 Å². The molecule has 0 saturated heterocycles. The van der Waals surface area contributed by atoms with E-state index in [4.69, 9.17) is 5.73 Å². The predicted octanol–water partition coefficient (Wildman–Crippen LogP) is 2.96. The van der Waals surface area contributed by atoms with E-state index in [0.29, 0.717) is 23.5 Å². The number of hydrogen-bond acceptors (Lipinski definition) is 3. The molecule has 0 atom stereocenters. The van der Waals surface area contributed by atoms with Gasteiger partial charge >= 0.3 is 0 Å². The molecule has 2 aromatic rings. The van der Waals surface area contributed by atoms with Gasteiger partial charge in [0.2, 0.25) is 0 Å². The van der Waals surface area contributed by atoms with E-state index in [1.54, 1.807) is 0 Å². The minimum atomic E-state index is -0.648. The van der Waals surface area contributed by atoms with Crippen LogP contribution in [0.2, 0.25) is 0 Å². The molecular weight excluding hydrogens is 236 g/mol. The summed E-state index contributed by atoms with van der Waals surface area (Å²) < 4.78 is 26.6. The number of nitrogens with zero attached hydrogens (tertiary/aromatic N) is 2. The summed E-state index contributed by atoms with van der Waals surface area (Å²) in [5, 5.41) is 0. The van der Waals surface area contributed by atoms with Crippen molar-refractivity contribution < 1.29 is 8.78 Å². The molecule has 94 valence electrons. The van der Waals surface area contributed by atoms with Crippen molar-refractivity contribution in [1.82, 2.24) is 9.97 Å². The lowest BCUT2D eigenvalue weighted by atomic mass is 10.0. The first-order chi connectivity index (χ1) is 8.63. The van der Waals surface area contributed by atoms with Crippen molar-refractivity contribution in [2.24, 2.45) is 0 Å². The average molecular weight is 249 g/mol. The van der Waals surface area contributed by atoms with Crippen molar-refractivity contribution in [2.75, 3.05) is 5.73 Å². The minimum absolute atomic E-state index is 0.244. The lowest BCUT2D eigenvalue weighted by Crippen LogP contribution is -2.03. The fourth-order valence-electron chi connectivity index (χ4n) is 1.84. The molecule has 0 saturated carbocycles. The van der Waals surface area contributed by atoms with Crippen LogP contribution in [-0.2, 0) is 6.42 Å². The summed E-state index contributed by atoms with van der Waals surface area (Å²) in [6, 6.07) is 3.40. The molecular formula is C13H13F2N3. The zero-order chi connectivity index (χ0) is 13.1. The van der Waals surface area contributed by atoms with Crippen molar-refractivity contribution in [3.05, 3.63) is 41.7 Å². The Morgan fingerprint density at radius 2 is 2.00 bits per heavy atom. The van der Waals surface area contributed by atoms with Crippen LogP contribution in [0.25, 0.3) is 11.3 Å². The van der Waals surface area contributed by atoms with E-state index in [9.17, 15) is 8.78 Å². The molecule has 0 amide bonds. The molecule has 1 aromatic carbocycles. The molecule has 5 heteroatoms. The third kappa shape index (κ3) is 2.30. The van der Waals surface area contributed by atoms with Crippen LogP contribution in [0.15, 0.2) is 24.5 Å². The molecule has 1 heterocycles. The van der Waals surface area contributed by atoms with Crippen molar-refractivity contribution in [1.29, 1.82) is 0 Å². The second-order valence-electron chi connectivity index (χ2n) is 3.96. The third-order valence-electron chi connectivity index (χ3n) is 2.66. The number of anilines is 1. The van der Waals surface area contributed by atoms with Crippen LogP contribution in [0.5, 0.6) is 0 Å². The Hall–Kier alpha value is -2.04. The second-order valence-corrected chi connectivity index (χ2v) is 3.96. The Morgan fingerprint density at radius 1 is 1.22 bits per heavy atom. The van der Waals surface area contributed by atoms with Gasteiger partial charge in [0.05, 0.1) is 5.69 Å². The van der Waals surface area contributed by atoms with E-state index in [1.165, 1.54) is 18.5 Å². The van der Waals surface area contributed by atoms with Crippen LogP contribution >= 0.6 is 0 Å². The van der Waals surface area contributed by atoms with Gasteiger partial charge in [-0.2, -0.15) is 0 Å². The van der Waals surface area contributed by atoms with Gasteiger partial charge in [0.25, 0.3) is 0 Å². The highest BCUT2D eigenvalue weighted by molar-refractivity contribution is 5.67. The summed E-state index contributed by atoms with van der Waals surface area (Å²) in [4.78, 5) is 7.97. The van der Waals surface area contributed by atoms with E-state index >= 15 is 0 Å². The van der Waals surface area contributed by atoms with Crippen LogP contribution < -0.4 is 5.73 Å². The Bertz CT molecular complexity index is 570. The molecule has 2 N–H and O–H groups in total. The molecule has 0 fully saturated rings. The van der Waals surface area contributed by atoms with Crippen LogP contribution in [0.4, 0.5) is 14.6 Å². The van der Waals surface area contributed by atoms with Gasteiger partial charge in [-0.25, -0.2) is 18.7 Å². The molecule has 3 nitrogen and oxygen atoms in total. The van der Waals surface area contributed by atoms with E-state index in [2.05, 4.69) is 9.97 Å². The quantitative estimate of drug-likeness (QED) is 0.909. The summed E-state index contributed by atoms with van der Waals surface area (Å²) in [7, 11) is 0. The van der Waals surface area contributed by atoms with E-state index < -0.39 is 11.6 Å². The van der Waals surface area contributed by atoms with Gasteiger partial charge in [-0.05, 0) is 18.6 Å². The largest absolute Gasteiger partial charge is 0.383 e. The van der Waals surface area contributed by atoms with Crippen molar-refractivity contribution in [3.63, 3.8) is 0 Å². The van der Waals surface area contributed by atoms with Crippen LogP contribution in [0.3, 0.4) is 0 Å². The first-order valence-electron chi connectivity index (χ1n) is 5.68. The van der Waals surface area contributed by atoms with Crippen LogP contribution in [0.1, 0.15) is 18.9 Å². The lowest BCUT2D eigenvalue weighted by Gasteiger charge is -2.10. The van der Waals surface area contributed by atoms with Gasteiger partial charge < -0.3 is 5.73 Å². The van der Waals surface area contributed by atoms with Crippen molar-refractivity contribution >= 4 is 5.82 Å². The van der Waals surface area contributed by atoms with Crippen LogP contribution in [0, 0.1) is 11.6 Å². The van der Waals surface area contributed by atoms with Crippen LogP contribution in [-0.4, -0.2) is 9.97 Å². The maximum atomic E-state index is 13.7. The molecule has 0 unspecified atom stereocenters. The molecule has 0 bridgehead atoms. The lowest BCUT2D eigenvalue weighted by molar-refractivity contribution is 0.585. The SMILES string of the molecule is CCCc1c(N)ncnc1-c1ccc(F)cc1F. The highest BCUT2D eigenvalue weighted by atomic mass is 19.1. The molecule has 0 radical (unpaired) electrons. The summed E-state index contributed by atoms with van der Waals surface area (Å²) in [5.74, 6) is -0.925. The standard InChI is InChI=1S/C13H13F2N3/c1-2-3-10-12(17-7-18-13(10)16)9-5-4-8(14)6-11(9)15/h4-7H,2-3H2,1H3,(H2,16,17,18). The second kappa shape index (κ2) is 5.08. The topological polar surface area (TPSA) is 51.8 Å². The van der Waals surface area contributed by atoms with Gasteiger partial charge in [-0.3, -0.25) is 0 Å². The number of nitrogens with two attached hydrogens (primary N) is 1. The molecule has 2 rings (SSSR count). The summed E-state index contributed by atoms with van der Waals surface area (Å²) in [6.45, 7) is 1.98. The Morgan fingerprint density at radius 3 is 2.67 bits per heavy atom. The Labute approximate surface area is 104 Å². The first-order valence-corrected chi connectivity index (χ1v) is 5.68. The number of aromatic nitrogens is 2. The van der Waals surface area contributed by atoms with Crippen molar-refractivity contribution in [2.45, 2.75) is 19.8 Å². The Balaban J connectivity index is 2.59. The molecule has 0 aliphatic heterocycles. The molecule has 18 heavy (non-hydrogen) atoms. The van der Waals surface area contributed by atoms with Gasteiger partial charge in [0.1, 0.15) is 23.8 Å². The number of benzene rings is 1. The maximum absolute atomic E-state index is 13.7. The zero-order valence-electron chi connectivity index (χ0n) is 9.95. The minimum Gasteiger partial charge on any atom is -0.383 e. The zero-order valence-corrected chi connectivity index (χ0v) is 9.95. The number of hydrogen-bond donors (Lipinski definition) is 1. The van der Waals surface area contributed by atoms with Gasteiger partial charge in [0.15, 0.2) is 0 Å². The predicted molar refractivity (Wildman–Crippen MR) is 65.8 cm³/mol. The third-order valence-corrected chi connectivity index (χ3v) is 2.66. The molecule has 0 aliphatic rings. The Kier molecular flexibility index (Phi) is 3.50. The monoisotopic (exact) mass is 249 g/mol. The van der Waals surface area contributed by atoms with E-state index in [-0.39, 0.29) is 5.56 Å². The van der Waals surface area contributed by atoms with E-state index in [1.807, 2.05) is 6.92 Å². The highest BCUT2D eigenvalue weighted by Gasteiger charge is 2.14. The van der Waals surface area contributed by atoms with Gasteiger partial charge in [-0.1, -0.05) is 13.3 Å². The molecule has 1 aromatic heterocycles. The highest BCUT2D eigenvalue weighted by Crippen LogP contribution is 2.27. The average Bonchev–Trinajstić information content (AvgIpc) is 2.32. The number of halogens is 2. The number of nitrogen functional groups attached to an aromatic ring is 1. The number of rotatable bonds is 3. The summed E-state index contributed by atoms with van der Waals surface area (Å²) >= 11 is 0. The maximum Gasteiger partial charge on any atom is 0.135 e. The summed E-state index contributed by atoms with van der Waals surface area (Å²) in [5.41, 5.74) is 7.15. The molecule has 0 spiro atoms. The fourth-order valence-corrected chi connectivity index (χ4v) is 1.84. The summed E-state index contributed by atoms with van der Waals surface area (Å²) in [6.07, 6.45) is 2.78. The first kappa shape index (κ1) is 12.4. The fraction of sp³-hybridized carbons (Fsp3) is 0.231. The van der Waals surface area contributed by atoms with Crippen molar-refractivity contribution in [3.8, 4) is 11.3 Å². The van der Waals surface area contributed by atoms with E-state index in [0.717, 1.165) is 12.5 Å². The molecule has 0 aliphatic carbocycles. The normalized spacial score (nSPS) is 10.6. The van der Waals surface area contributed by atoms with Gasteiger partial charge in [-0.15, -0.1) is 0 Å².